The fourth-order valence-electron chi connectivity index (χ4n) is 3.79. The molecule has 2 heterocycles. The van der Waals surface area contributed by atoms with E-state index in [1.165, 1.54) is 5.56 Å². The first-order valence-corrected chi connectivity index (χ1v) is 10.1. The first-order valence-electron chi connectivity index (χ1n) is 9.10. The van der Waals surface area contributed by atoms with Crippen LogP contribution in [-0.2, 0) is 6.42 Å². The van der Waals surface area contributed by atoms with E-state index in [-0.39, 0.29) is 6.42 Å². The van der Waals surface area contributed by atoms with Gasteiger partial charge >= 0.3 is 173 Å². The number of hydrogen-bond acceptors (Lipinski definition) is 3. The van der Waals surface area contributed by atoms with Crippen LogP contribution in [0.4, 0.5) is 4.39 Å². The number of rotatable bonds is 5. The Bertz CT molecular complexity index is 1140. The van der Waals surface area contributed by atoms with Crippen LogP contribution >= 0.6 is 0 Å². The number of aryl methyl sites for hydroxylation is 4. The van der Waals surface area contributed by atoms with Crippen LogP contribution in [-0.4, -0.2) is 45.0 Å². The summed E-state index contributed by atoms with van der Waals surface area (Å²) in [6.45, 7) is 5.74. The minimum absolute atomic E-state index is 0.236. The molecule has 7 heteroatoms. The predicted molar refractivity (Wildman–Crippen MR) is 108 cm³/mol. The van der Waals surface area contributed by atoms with E-state index in [1.807, 2.05) is 35.0 Å². The Hall–Kier alpha value is -2.51. The Labute approximate surface area is 173 Å². The molecule has 0 saturated carbocycles. The van der Waals surface area contributed by atoms with Crippen molar-refractivity contribution in [1.29, 1.82) is 0 Å². The first-order chi connectivity index (χ1) is 13.5. The van der Waals surface area contributed by atoms with Gasteiger partial charge < -0.3 is 0 Å². The van der Waals surface area contributed by atoms with Crippen molar-refractivity contribution in [3.05, 3.63) is 65.1 Å². The number of fused-ring (bicyclic) bond motifs is 1. The van der Waals surface area contributed by atoms with E-state index in [0.29, 0.717) is 17.5 Å². The molecule has 0 aliphatic heterocycles. The normalized spacial score (nSPS) is 11.3. The number of aromatic nitrogens is 4. The van der Waals surface area contributed by atoms with E-state index < -0.39 is 6.67 Å². The Morgan fingerprint density at radius 2 is 1.82 bits per heavy atom. The summed E-state index contributed by atoms with van der Waals surface area (Å²) in [4.78, 5) is 4.71. The summed E-state index contributed by atoms with van der Waals surface area (Å²) in [5.41, 5.74) is 5.32. The Morgan fingerprint density at radius 3 is 2.50 bits per heavy atom. The van der Waals surface area contributed by atoms with Gasteiger partial charge in [0.25, 0.3) is 0 Å². The molecule has 0 spiro atoms. The molecule has 0 unspecified atom stereocenters. The number of imidazole rings is 1. The fourth-order valence-corrected chi connectivity index (χ4v) is 4.27. The third kappa shape index (κ3) is 3.14. The average Bonchev–Trinajstić information content (AvgIpc) is 3.22. The second-order valence-corrected chi connectivity index (χ2v) is 7.42. The van der Waals surface area contributed by atoms with Gasteiger partial charge in [0.05, 0.1) is 0 Å². The molecular weight excluding hydrogens is 413 g/mol. The number of halogens is 1. The molecule has 140 valence electrons. The van der Waals surface area contributed by atoms with Crippen molar-refractivity contribution in [2.75, 3.05) is 6.67 Å². The van der Waals surface area contributed by atoms with Gasteiger partial charge in [-0.05, 0) is 0 Å². The van der Waals surface area contributed by atoms with E-state index in [2.05, 4.69) is 38.0 Å². The van der Waals surface area contributed by atoms with Crippen LogP contribution in [0.3, 0.4) is 0 Å². The molecule has 0 aliphatic carbocycles. The Morgan fingerprint density at radius 1 is 1.11 bits per heavy atom. The summed E-state index contributed by atoms with van der Waals surface area (Å²) in [7, 11) is 0. The van der Waals surface area contributed by atoms with Gasteiger partial charge in [-0.25, -0.2) is 0 Å². The van der Waals surface area contributed by atoms with Crippen molar-refractivity contribution in [3.8, 4) is 17.4 Å². The predicted octanol–water partition coefficient (Wildman–Crippen LogP) is 4.11. The molecule has 28 heavy (non-hydrogen) atoms. The van der Waals surface area contributed by atoms with Gasteiger partial charge in [0, 0.05) is 0 Å². The number of alkyl halides is 1. The van der Waals surface area contributed by atoms with Gasteiger partial charge in [-0.15, -0.1) is 0 Å². The van der Waals surface area contributed by atoms with E-state index in [0.717, 1.165) is 46.7 Å². The molecule has 0 amide bonds. The first kappa shape index (κ1) is 18.8. The van der Waals surface area contributed by atoms with Crippen molar-refractivity contribution in [2.45, 2.75) is 27.2 Å². The zero-order valence-corrected chi connectivity index (χ0v) is 18.5. The van der Waals surface area contributed by atoms with Crippen molar-refractivity contribution >= 4 is 29.9 Å². The molecule has 2 radical (unpaired) electrons. The summed E-state index contributed by atoms with van der Waals surface area (Å²) in [6, 6.07) is 12.1. The quantitative estimate of drug-likeness (QED) is 0.445. The molecule has 2 aromatic heterocycles. The zero-order valence-electron chi connectivity index (χ0n) is 16.1. The van der Waals surface area contributed by atoms with Crippen LogP contribution in [0.25, 0.3) is 22.4 Å². The number of hydrogen-bond donors (Lipinski definition) is 0. The van der Waals surface area contributed by atoms with Gasteiger partial charge in [0.1, 0.15) is 0 Å². The van der Waals surface area contributed by atoms with E-state index in [1.54, 1.807) is 4.68 Å². The summed E-state index contributed by atoms with van der Waals surface area (Å²) >= 11 is 1.13. The summed E-state index contributed by atoms with van der Waals surface area (Å²) in [5.74, 6) is 1.93. The van der Waals surface area contributed by atoms with Crippen LogP contribution < -0.4 is 3.53 Å². The molecule has 5 nitrogen and oxygen atoms in total. The topological polar surface area (TPSA) is 44.9 Å². The molecule has 0 bridgehead atoms. The van der Waals surface area contributed by atoms with Crippen LogP contribution in [0.2, 0.25) is 0 Å². The Balaban J connectivity index is 1.94. The van der Waals surface area contributed by atoms with Crippen molar-refractivity contribution in [3.63, 3.8) is 0 Å². The fraction of sp³-hybridized carbons (Fsp3) is 0.238. The molecule has 4 rings (SSSR count). The molecule has 2 aromatic carbocycles. The van der Waals surface area contributed by atoms with Gasteiger partial charge in [-0.1, -0.05) is 0 Å². The van der Waals surface area contributed by atoms with E-state index in [9.17, 15) is 4.39 Å². The zero-order chi connectivity index (χ0) is 19.8. The van der Waals surface area contributed by atoms with Crippen LogP contribution in [0.15, 0.2) is 42.6 Å². The molecule has 4 aromatic rings. The Kier molecular flexibility index (Phi) is 5.03. The average molecular weight is 433 g/mol. The van der Waals surface area contributed by atoms with Crippen LogP contribution in [0.5, 0.6) is 5.88 Å². The van der Waals surface area contributed by atoms with Crippen LogP contribution in [0, 0.1) is 20.8 Å². The molecule has 0 aliphatic rings. The van der Waals surface area contributed by atoms with Gasteiger partial charge in [0.2, 0.25) is 0 Å². The summed E-state index contributed by atoms with van der Waals surface area (Å²) < 4.78 is 22.6. The van der Waals surface area contributed by atoms with Gasteiger partial charge in [-0.3, -0.25) is 0 Å². The standard InChI is InChI=1S/C21H21FN4O.Ga/c1-13-10-14(2)20(15(3)11-13)25-12-19(23-18(25)8-9-22)26-21(27)16-6-4-5-7-17(16)24-26;/h4-7,10-12,27H,8-9H2,1-3H3;/q;+1/p-1. The van der Waals surface area contributed by atoms with Crippen molar-refractivity contribution in [1.82, 2.24) is 19.3 Å². The maximum atomic E-state index is 13.3. The second-order valence-electron chi connectivity index (χ2n) is 6.92. The molecule has 0 saturated heterocycles. The molecule has 0 atom stereocenters. The molecule has 0 N–H and O–H groups in total. The third-order valence-electron chi connectivity index (χ3n) is 4.82. The summed E-state index contributed by atoms with van der Waals surface area (Å²) in [6.07, 6.45) is 2.15. The maximum absolute atomic E-state index is 13.3. The van der Waals surface area contributed by atoms with E-state index >= 15 is 0 Å². The second kappa shape index (κ2) is 7.48. The monoisotopic (exact) mass is 432 g/mol. The van der Waals surface area contributed by atoms with Crippen LogP contribution in [0.1, 0.15) is 22.5 Å². The number of benzene rings is 2. The van der Waals surface area contributed by atoms with Gasteiger partial charge in [-0.2, -0.15) is 0 Å². The minimum atomic E-state index is -0.470. The SMILES string of the molecule is Cc1cc(C)c(-n2cc(-n3nc4ccccc4c3[O][Ga])nc2CCF)c(C)c1. The van der Waals surface area contributed by atoms with Crippen molar-refractivity contribution < 1.29 is 7.92 Å². The number of nitrogens with zero attached hydrogens (tertiary/aromatic N) is 4. The van der Waals surface area contributed by atoms with Crippen molar-refractivity contribution in [2.24, 2.45) is 0 Å². The van der Waals surface area contributed by atoms with Gasteiger partial charge in [0.15, 0.2) is 0 Å². The summed E-state index contributed by atoms with van der Waals surface area (Å²) in [5, 5.41) is 5.58. The van der Waals surface area contributed by atoms with E-state index in [4.69, 9.17) is 8.51 Å². The third-order valence-corrected chi connectivity index (χ3v) is 5.29. The molecule has 0 fully saturated rings. The molecular formula is C21H20FGaN4O.